The van der Waals surface area contributed by atoms with Crippen LogP contribution in [0.15, 0.2) is 24.3 Å². The lowest BCUT2D eigenvalue weighted by Crippen LogP contribution is -2.41. The third-order valence-electron chi connectivity index (χ3n) is 4.78. The zero-order valence-corrected chi connectivity index (χ0v) is 14.2. The zero-order valence-electron chi connectivity index (χ0n) is 14.2. The van der Waals surface area contributed by atoms with Gasteiger partial charge in [-0.05, 0) is 31.4 Å². The van der Waals surface area contributed by atoms with E-state index in [0.717, 1.165) is 49.0 Å². The number of aliphatic hydroxyl groups excluding tert-OH is 1. The van der Waals surface area contributed by atoms with Crippen molar-refractivity contribution >= 4 is 17.1 Å². The van der Waals surface area contributed by atoms with Gasteiger partial charge in [-0.25, -0.2) is 9.78 Å². The quantitative estimate of drug-likeness (QED) is 0.711. The van der Waals surface area contributed by atoms with E-state index in [2.05, 4.69) is 15.3 Å². The van der Waals surface area contributed by atoms with Crippen LogP contribution in [0.25, 0.3) is 11.0 Å². The van der Waals surface area contributed by atoms with Gasteiger partial charge in [-0.1, -0.05) is 18.6 Å². The molecule has 0 radical (unpaired) electrons. The number of nitrogens with one attached hydrogen (secondary N) is 2. The lowest BCUT2D eigenvalue weighted by molar-refractivity contribution is 0.114. The van der Waals surface area contributed by atoms with Crippen molar-refractivity contribution in [1.29, 1.82) is 0 Å². The average molecular weight is 330 g/mol. The number of benzene rings is 1. The number of aryl methyl sites for hydroxylation is 1. The van der Waals surface area contributed by atoms with Gasteiger partial charge in [0.1, 0.15) is 5.82 Å². The first-order chi connectivity index (χ1) is 11.6. The summed E-state index contributed by atoms with van der Waals surface area (Å²) in [6.07, 6.45) is 4.31. The Hall–Kier alpha value is -2.08. The highest BCUT2D eigenvalue weighted by Gasteiger charge is 2.27. The average Bonchev–Trinajstić information content (AvgIpc) is 3.17. The van der Waals surface area contributed by atoms with Gasteiger partial charge >= 0.3 is 6.03 Å². The van der Waals surface area contributed by atoms with Crippen molar-refractivity contribution < 1.29 is 9.90 Å². The first-order valence-corrected chi connectivity index (χ1v) is 8.74. The first-order valence-electron chi connectivity index (χ1n) is 8.74. The third-order valence-corrected chi connectivity index (χ3v) is 4.78. The van der Waals surface area contributed by atoms with Gasteiger partial charge in [-0.3, -0.25) is 0 Å². The molecule has 2 amide bonds. The molecule has 1 aliphatic carbocycles. The molecule has 3 rings (SSSR count). The number of H-pyrrole nitrogens is 1. The predicted molar refractivity (Wildman–Crippen MR) is 93.8 cm³/mol. The SMILES string of the molecule is CN(C[C@@H]1CCC[C@@H]1O)C(=O)NCCCc1nc2ccccc2[nH]1. The summed E-state index contributed by atoms with van der Waals surface area (Å²) in [5.41, 5.74) is 2.03. The number of aromatic amines is 1. The molecule has 1 aromatic carbocycles. The summed E-state index contributed by atoms with van der Waals surface area (Å²) in [4.78, 5) is 21.6. The Labute approximate surface area is 142 Å². The third kappa shape index (κ3) is 4.06. The number of hydrogen-bond acceptors (Lipinski definition) is 3. The summed E-state index contributed by atoms with van der Waals surface area (Å²) in [5, 5.41) is 12.8. The van der Waals surface area contributed by atoms with E-state index in [9.17, 15) is 9.90 Å². The minimum Gasteiger partial charge on any atom is -0.393 e. The fourth-order valence-corrected chi connectivity index (χ4v) is 3.38. The van der Waals surface area contributed by atoms with E-state index >= 15 is 0 Å². The number of para-hydroxylation sites is 2. The van der Waals surface area contributed by atoms with E-state index in [1.165, 1.54) is 0 Å². The highest BCUT2D eigenvalue weighted by molar-refractivity contribution is 5.75. The Morgan fingerprint density at radius 1 is 1.42 bits per heavy atom. The maximum absolute atomic E-state index is 12.1. The number of fused-ring (bicyclic) bond motifs is 1. The van der Waals surface area contributed by atoms with Crippen LogP contribution in [-0.2, 0) is 6.42 Å². The van der Waals surface area contributed by atoms with E-state index in [-0.39, 0.29) is 18.1 Å². The van der Waals surface area contributed by atoms with E-state index < -0.39 is 0 Å². The van der Waals surface area contributed by atoms with Crippen molar-refractivity contribution in [3.05, 3.63) is 30.1 Å². The molecule has 1 aliphatic rings. The van der Waals surface area contributed by atoms with Gasteiger partial charge in [0.15, 0.2) is 0 Å². The Morgan fingerprint density at radius 2 is 2.25 bits per heavy atom. The molecule has 1 fully saturated rings. The fourth-order valence-electron chi connectivity index (χ4n) is 3.38. The standard InChI is InChI=1S/C18H26N4O2/c1-22(12-13-6-4-9-16(13)23)18(24)19-11-5-10-17-20-14-7-2-3-8-15(14)21-17/h2-3,7-8,13,16,23H,4-6,9-12H2,1H3,(H,19,24)(H,20,21)/t13-,16-/m0/s1. The second-order valence-corrected chi connectivity index (χ2v) is 6.67. The van der Waals surface area contributed by atoms with Gasteiger partial charge in [-0.2, -0.15) is 0 Å². The summed E-state index contributed by atoms with van der Waals surface area (Å²) in [5.74, 6) is 1.17. The second-order valence-electron chi connectivity index (χ2n) is 6.67. The van der Waals surface area contributed by atoms with Crippen LogP contribution >= 0.6 is 0 Å². The molecule has 0 aliphatic heterocycles. The van der Waals surface area contributed by atoms with Crippen molar-refractivity contribution in [3.63, 3.8) is 0 Å². The second kappa shape index (κ2) is 7.66. The van der Waals surface area contributed by atoms with Gasteiger partial charge in [0.25, 0.3) is 0 Å². The van der Waals surface area contributed by atoms with Crippen LogP contribution in [0.2, 0.25) is 0 Å². The Balaban J connectivity index is 1.38. The monoisotopic (exact) mass is 330 g/mol. The maximum Gasteiger partial charge on any atom is 0.317 e. The number of hydrogen-bond donors (Lipinski definition) is 3. The molecule has 24 heavy (non-hydrogen) atoms. The Morgan fingerprint density at radius 3 is 3.00 bits per heavy atom. The number of carbonyl (C=O) groups excluding carboxylic acids is 1. The molecule has 2 atom stereocenters. The van der Waals surface area contributed by atoms with E-state index in [1.807, 2.05) is 24.3 Å². The topological polar surface area (TPSA) is 81.2 Å². The summed E-state index contributed by atoms with van der Waals surface area (Å²) in [6, 6.07) is 7.90. The number of amides is 2. The summed E-state index contributed by atoms with van der Waals surface area (Å²) in [7, 11) is 1.79. The van der Waals surface area contributed by atoms with Crippen molar-refractivity contribution in [3.8, 4) is 0 Å². The Bertz CT molecular complexity index is 651. The van der Waals surface area contributed by atoms with E-state index in [1.54, 1.807) is 11.9 Å². The van der Waals surface area contributed by atoms with Gasteiger partial charge in [0.05, 0.1) is 17.1 Å². The normalized spacial score (nSPS) is 20.4. The van der Waals surface area contributed by atoms with Crippen molar-refractivity contribution in [2.45, 2.75) is 38.2 Å². The van der Waals surface area contributed by atoms with Crippen LogP contribution in [0.4, 0.5) is 4.79 Å². The molecule has 3 N–H and O–H groups in total. The van der Waals surface area contributed by atoms with Crippen LogP contribution in [0.1, 0.15) is 31.5 Å². The predicted octanol–water partition coefficient (Wildman–Crippen LogP) is 2.30. The van der Waals surface area contributed by atoms with E-state index in [4.69, 9.17) is 0 Å². The molecule has 0 unspecified atom stereocenters. The summed E-state index contributed by atoms with van der Waals surface area (Å²) in [6.45, 7) is 1.24. The minimum atomic E-state index is -0.256. The molecule has 130 valence electrons. The molecule has 2 aromatic rings. The molecular weight excluding hydrogens is 304 g/mol. The van der Waals surface area contributed by atoms with Gasteiger partial charge in [-0.15, -0.1) is 0 Å². The van der Waals surface area contributed by atoms with Gasteiger partial charge in [0.2, 0.25) is 0 Å². The van der Waals surface area contributed by atoms with Crippen molar-refractivity contribution in [1.82, 2.24) is 20.2 Å². The molecular formula is C18H26N4O2. The first kappa shape index (κ1) is 16.8. The van der Waals surface area contributed by atoms with Crippen LogP contribution < -0.4 is 5.32 Å². The lowest BCUT2D eigenvalue weighted by atomic mass is 10.1. The molecule has 1 aromatic heterocycles. The number of urea groups is 1. The number of nitrogens with zero attached hydrogens (tertiary/aromatic N) is 2. The van der Waals surface area contributed by atoms with Crippen LogP contribution in [0.3, 0.4) is 0 Å². The highest BCUT2D eigenvalue weighted by atomic mass is 16.3. The smallest absolute Gasteiger partial charge is 0.317 e. The van der Waals surface area contributed by atoms with Crippen molar-refractivity contribution in [2.24, 2.45) is 5.92 Å². The highest BCUT2D eigenvalue weighted by Crippen LogP contribution is 2.25. The van der Waals surface area contributed by atoms with Gasteiger partial charge in [0, 0.05) is 32.5 Å². The summed E-state index contributed by atoms with van der Waals surface area (Å²) >= 11 is 0. The number of imidazole rings is 1. The number of aromatic nitrogens is 2. The fraction of sp³-hybridized carbons (Fsp3) is 0.556. The molecule has 0 spiro atoms. The van der Waals surface area contributed by atoms with Crippen molar-refractivity contribution in [2.75, 3.05) is 20.1 Å². The number of aliphatic hydroxyl groups is 1. The number of rotatable bonds is 6. The summed E-state index contributed by atoms with van der Waals surface area (Å²) < 4.78 is 0. The minimum absolute atomic E-state index is 0.0706. The van der Waals surface area contributed by atoms with E-state index in [0.29, 0.717) is 13.1 Å². The molecule has 6 nitrogen and oxygen atoms in total. The van der Waals surface area contributed by atoms with Crippen LogP contribution in [0, 0.1) is 5.92 Å². The molecule has 1 heterocycles. The van der Waals surface area contributed by atoms with Crippen LogP contribution in [0.5, 0.6) is 0 Å². The Kier molecular flexibility index (Phi) is 5.35. The zero-order chi connectivity index (χ0) is 16.9. The molecule has 0 saturated heterocycles. The van der Waals surface area contributed by atoms with Crippen LogP contribution in [-0.4, -0.2) is 52.2 Å². The molecule has 1 saturated carbocycles. The number of carbonyl (C=O) groups is 1. The maximum atomic E-state index is 12.1. The molecule has 0 bridgehead atoms. The largest absolute Gasteiger partial charge is 0.393 e. The van der Waals surface area contributed by atoms with Gasteiger partial charge < -0.3 is 20.3 Å². The lowest BCUT2D eigenvalue weighted by Gasteiger charge is -2.23. The molecule has 6 heteroatoms.